The van der Waals surface area contributed by atoms with Crippen LogP contribution in [0.2, 0.25) is 0 Å². The molecule has 18 heavy (non-hydrogen) atoms. The lowest BCUT2D eigenvalue weighted by atomic mass is 9.94. The first kappa shape index (κ1) is 11.8. The SMILES string of the molecule is CCNC1CC(C2CC2)Oc2ccc(OC)cc21. The Hall–Kier alpha value is -1.22. The van der Waals surface area contributed by atoms with E-state index in [4.69, 9.17) is 9.47 Å². The van der Waals surface area contributed by atoms with Crippen LogP contribution in [0.1, 0.15) is 37.8 Å². The van der Waals surface area contributed by atoms with Gasteiger partial charge in [-0.1, -0.05) is 6.92 Å². The molecule has 3 rings (SSSR count). The van der Waals surface area contributed by atoms with Gasteiger partial charge < -0.3 is 14.8 Å². The predicted molar refractivity (Wildman–Crippen MR) is 71.2 cm³/mol. The van der Waals surface area contributed by atoms with Gasteiger partial charge in [0.2, 0.25) is 0 Å². The maximum atomic E-state index is 6.14. The number of fused-ring (bicyclic) bond motifs is 1. The van der Waals surface area contributed by atoms with Gasteiger partial charge in [-0.2, -0.15) is 0 Å². The predicted octanol–water partition coefficient (Wildman–Crippen LogP) is 2.91. The van der Waals surface area contributed by atoms with Gasteiger partial charge in [0.05, 0.1) is 7.11 Å². The van der Waals surface area contributed by atoms with E-state index in [0.29, 0.717) is 12.1 Å². The number of methoxy groups -OCH3 is 1. The zero-order chi connectivity index (χ0) is 12.5. The third-order valence-electron chi connectivity index (χ3n) is 3.94. The quantitative estimate of drug-likeness (QED) is 0.887. The molecule has 1 aliphatic heterocycles. The molecule has 98 valence electrons. The molecule has 0 bridgehead atoms. The minimum Gasteiger partial charge on any atom is -0.497 e. The summed E-state index contributed by atoms with van der Waals surface area (Å²) in [6.45, 7) is 3.14. The van der Waals surface area contributed by atoms with E-state index in [1.165, 1.54) is 18.4 Å². The highest BCUT2D eigenvalue weighted by Gasteiger charge is 2.38. The number of hydrogen-bond acceptors (Lipinski definition) is 3. The Balaban J connectivity index is 1.89. The highest BCUT2D eigenvalue weighted by Crippen LogP contribution is 2.44. The van der Waals surface area contributed by atoms with E-state index in [1.807, 2.05) is 12.1 Å². The Morgan fingerprint density at radius 3 is 2.89 bits per heavy atom. The molecule has 0 radical (unpaired) electrons. The van der Waals surface area contributed by atoms with Crippen LogP contribution in [0.4, 0.5) is 0 Å². The zero-order valence-corrected chi connectivity index (χ0v) is 11.1. The molecule has 1 heterocycles. The van der Waals surface area contributed by atoms with Crippen molar-refractivity contribution in [3.05, 3.63) is 23.8 Å². The summed E-state index contributed by atoms with van der Waals surface area (Å²) in [5.74, 6) is 2.72. The van der Waals surface area contributed by atoms with Crippen LogP contribution >= 0.6 is 0 Å². The average molecular weight is 247 g/mol. The second-order valence-electron chi connectivity index (χ2n) is 5.24. The molecular weight excluding hydrogens is 226 g/mol. The van der Waals surface area contributed by atoms with E-state index >= 15 is 0 Å². The fourth-order valence-electron chi connectivity index (χ4n) is 2.80. The largest absolute Gasteiger partial charge is 0.497 e. The van der Waals surface area contributed by atoms with Crippen LogP contribution in [0.3, 0.4) is 0 Å². The Morgan fingerprint density at radius 2 is 2.22 bits per heavy atom. The van der Waals surface area contributed by atoms with E-state index < -0.39 is 0 Å². The fourth-order valence-corrected chi connectivity index (χ4v) is 2.80. The molecule has 1 aromatic carbocycles. The molecule has 0 aromatic heterocycles. The van der Waals surface area contributed by atoms with Crippen LogP contribution in [0.15, 0.2) is 18.2 Å². The molecule has 2 atom stereocenters. The molecule has 0 amide bonds. The third kappa shape index (κ3) is 2.19. The minimum absolute atomic E-state index is 0.398. The second-order valence-corrected chi connectivity index (χ2v) is 5.24. The van der Waals surface area contributed by atoms with Crippen LogP contribution in [0.5, 0.6) is 11.5 Å². The van der Waals surface area contributed by atoms with E-state index in [2.05, 4.69) is 18.3 Å². The number of ether oxygens (including phenoxy) is 2. The maximum Gasteiger partial charge on any atom is 0.124 e. The van der Waals surface area contributed by atoms with Crippen molar-refractivity contribution in [2.24, 2.45) is 5.92 Å². The smallest absolute Gasteiger partial charge is 0.124 e. The Kier molecular flexibility index (Phi) is 3.16. The maximum absolute atomic E-state index is 6.14. The van der Waals surface area contributed by atoms with Crippen LogP contribution in [0, 0.1) is 5.92 Å². The van der Waals surface area contributed by atoms with E-state index in [9.17, 15) is 0 Å². The van der Waals surface area contributed by atoms with Crippen LogP contribution < -0.4 is 14.8 Å². The van der Waals surface area contributed by atoms with Crippen molar-refractivity contribution >= 4 is 0 Å². The van der Waals surface area contributed by atoms with Crippen LogP contribution in [0.25, 0.3) is 0 Å². The van der Waals surface area contributed by atoms with Crippen molar-refractivity contribution in [1.29, 1.82) is 0 Å². The molecule has 1 aromatic rings. The Labute approximate surface area is 108 Å². The average Bonchev–Trinajstić information content (AvgIpc) is 3.22. The summed E-state index contributed by atoms with van der Waals surface area (Å²) in [6.07, 6.45) is 4.14. The summed E-state index contributed by atoms with van der Waals surface area (Å²) >= 11 is 0. The molecule has 0 spiro atoms. The topological polar surface area (TPSA) is 30.5 Å². The first-order chi connectivity index (χ1) is 8.81. The van der Waals surface area contributed by atoms with Gasteiger partial charge in [-0.15, -0.1) is 0 Å². The molecule has 2 unspecified atom stereocenters. The van der Waals surface area contributed by atoms with E-state index in [-0.39, 0.29) is 0 Å². The summed E-state index contributed by atoms with van der Waals surface area (Å²) < 4.78 is 11.4. The van der Waals surface area contributed by atoms with Crippen LogP contribution in [-0.2, 0) is 0 Å². The van der Waals surface area contributed by atoms with Gasteiger partial charge in [0.15, 0.2) is 0 Å². The first-order valence-corrected chi connectivity index (χ1v) is 6.89. The van der Waals surface area contributed by atoms with E-state index in [0.717, 1.165) is 30.4 Å². The van der Waals surface area contributed by atoms with Gasteiger partial charge in [-0.05, 0) is 43.5 Å². The van der Waals surface area contributed by atoms with Gasteiger partial charge in [-0.3, -0.25) is 0 Å². The molecule has 2 aliphatic rings. The monoisotopic (exact) mass is 247 g/mol. The number of nitrogens with one attached hydrogen (secondary N) is 1. The van der Waals surface area contributed by atoms with Gasteiger partial charge in [0.1, 0.15) is 17.6 Å². The first-order valence-electron chi connectivity index (χ1n) is 6.89. The van der Waals surface area contributed by atoms with Crippen molar-refractivity contribution in [2.75, 3.05) is 13.7 Å². The highest BCUT2D eigenvalue weighted by atomic mass is 16.5. The molecule has 1 N–H and O–H groups in total. The minimum atomic E-state index is 0.398. The van der Waals surface area contributed by atoms with Gasteiger partial charge in [0.25, 0.3) is 0 Å². The van der Waals surface area contributed by atoms with Gasteiger partial charge >= 0.3 is 0 Å². The van der Waals surface area contributed by atoms with Crippen molar-refractivity contribution in [2.45, 2.75) is 38.3 Å². The lowest BCUT2D eigenvalue weighted by Gasteiger charge is -2.33. The molecular formula is C15H21NO2. The zero-order valence-electron chi connectivity index (χ0n) is 11.1. The summed E-state index contributed by atoms with van der Waals surface area (Å²) in [4.78, 5) is 0. The van der Waals surface area contributed by atoms with Crippen LogP contribution in [-0.4, -0.2) is 19.8 Å². The summed E-state index contributed by atoms with van der Waals surface area (Å²) in [5.41, 5.74) is 1.24. The lowest BCUT2D eigenvalue weighted by Crippen LogP contribution is -2.34. The van der Waals surface area contributed by atoms with Gasteiger partial charge in [-0.25, -0.2) is 0 Å². The summed E-state index contributed by atoms with van der Waals surface area (Å²) in [6, 6.07) is 6.54. The summed E-state index contributed by atoms with van der Waals surface area (Å²) in [5, 5.41) is 3.57. The third-order valence-corrected chi connectivity index (χ3v) is 3.94. The number of benzene rings is 1. The lowest BCUT2D eigenvalue weighted by molar-refractivity contribution is 0.129. The van der Waals surface area contributed by atoms with Crippen molar-refractivity contribution in [1.82, 2.24) is 5.32 Å². The molecule has 1 aliphatic carbocycles. The highest BCUT2D eigenvalue weighted by molar-refractivity contribution is 5.44. The molecule has 0 saturated heterocycles. The Morgan fingerprint density at radius 1 is 1.39 bits per heavy atom. The van der Waals surface area contributed by atoms with Gasteiger partial charge in [0, 0.05) is 18.0 Å². The number of hydrogen-bond donors (Lipinski definition) is 1. The molecule has 3 heteroatoms. The van der Waals surface area contributed by atoms with Crippen molar-refractivity contribution < 1.29 is 9.47 Å². The van der Waals surface area contributed by atoms with Crippen molar-refractivity contribution in [3.8, 4) is 11.5 Å². The molecule has 1 saturated carbocycles. The van der Waals surface area contributed by atoms with E-state index in [1.54, 1.807) is 7.11 Å². The second kappa shape index (κ2) is 4.81. The summed E-state index contributed by atoms with van der Waals surface area (Å²) in [7, 11) is 1.71. The normalized spacial score (nSPS) is 26.3. The molecule has 1 fully saturated rings. The van der Waals surface area contributed by atoms with Crippen molar-refractivity contribution in [3.63, 3.8) is 0 Å². The standard InChI is InChI=1S/C15H21NO2/c1-3-16-13-9-15(10-4-5-10)18-14-7-6-11(17-2)8-12(13)14/h6-8,10,13,15-16H,3-5,9H2,1-2H3. The fraction of sp³-hybridized carbons (Fsp3) is 0.600. The molecule has 3 nitrogen and oxygen atoms in total. The Bertz CT molecular complexity index is 429. The number of rotatable bonds is 4.